The fraction of sp³-hybridized carbons (Fsp3) is 0.524. The summed E-state index contributed by atoms with van der Waals surface area (Å²) in [5, 5.41) is 10.5. The first kappa shape index (κ1) is 19.2. The molecule has 0 saturated heterocycles. The van der Waals surface area contributed by atoms with Crippen LogP contribution in [0, 0.1) is 12.3 Å². The summed E-state index contributed by atoms with van der Waals surface area (Å²) in [5.41, 5.74) is 1.51. The number of rotatable bonds is 6. The minimum absolute atomic E-state index is 0.178. The summed E-state index contributed by atoms with van der Waals surface area (Å²) in [5.74, 6) is -0.999. The first-order chi connectivity index (χ1) is 11.7. The molecule has 0 aromatic heterocycles. The van der Waals surface area contributed by atoms with Gasteiger partial charge in [-0.2, -0.15) is 0 Å². The Morgan fingerprint density at radius 1 is 1.24 bits per heavy atom. The van der Waals surface area contributed by atoms with Crippen LogP contribution in [0.15, 0.2) is 35.6 Å². The molecule has 4 nitrogen and oxygen atoms in total. The van der Waals surface area contributed by atoms with Crippen molar-refractivity contribution in [2.45, 2.75) is 59.9 Å². The molecule has 1 N–H and O–H groups in total. The van der Waals surface area contributed by atoms with E-state index in [1.807, 2.05) is 52.0 Å². The molecule has 2 rings (SSSR count). The van der Waals surface area contributed by atoms with E-state index < -0.39 is 17.4 Å². The van der Waals surface area contributed by atoms with Gasteiger partial charge in [-0.1, -0.05) is 70.4 Å². The maximum Gasteiger partial charge on any atom is 0.290 e. The SMILES string of the molecule is CCCCCN1C(=O)C(O)=C(C(=O)C(C)(C)C)C1c1cccc(C)c1. The molecule has 1 aromatic rings. The monoisotopic (exact) mass is 343 g/mol. The van der Waals surface area contributed by atoms with Crippen LogP contribution in [0.2, 0.25) is 0 Å². The Bertz CT molecular complexity index is 697. The quantitative estimate of drug-likeness (QED) is 0.774. The number of nitrogens with zero attached hydrogens (tertiary/aromatic N) is 1. The second-order valence-corrected chi connectivity index (χ2v) is 7.86. The van der Waals surface area contributed by atoms with Gasteiger partial charge in [0.25, 0.3) is 5.91 Å². The maximum atomic E-state index is 13.0. The lowest BCUT2D eigenvalue weighted by Crippen LogP contribution is -2.33. The van der Waals surface area contributed by atoms with Crippen LogP contribution in [0.5, 0.6) is 0 Å². The van der Waals surface area contributed by atoms with Crippen molar-refractivity contribution in [3.05, 3.63) is 46.7 Å². The second-order valence-electron chi connectivity index (χ2n) is 7.86. The Morgan fingerprint density at radius 2 is 1.92 bits per heavy atom. The lowest BCUT2D eigenvalue weighted by molar-refractivity contribution is -0.129. The number of hydrogen-bond acceptors (Lipinski definition) is 3. The summed E-state index contributed by atoms with van der Waals surface area (Å²) < 4.78 is 0. The van der Waals surface area contributed by atoms with E-state index in [9.17, 15) is 14.7 Å². The molecule has 1 aliphatic heterocycles. The summed E-state index contributed by atoms with van der Waals surface area (Å²) in [6.45, 7) is 10.1. The molecule has 0 aliphatic carbocycles. The minimum atomic E-state index is -0.662. The average Bonchev–Trinajstić information content (AvgIpc) is 2.78. The minimum Gasteiger partial charge on any atom is -0.503 e. The highest BCUT2D eigenvalue weighted by atomic mass is 16.3. The van der Waals surface area contributed by atoms with Gasteiger partial charge in [-0.05, 0) is 18.9 Å². The third kappa shape index (κ3) is 3.94. The van der Waals surface area contributed by atoms with E-state index in [0.29, 0.717) is 6.54 Å². The number of carbonyl (C=O) groups is 2. The second kappa shape index (κ2) is 7.42. The molecule has 4 heteroatoms. The first-order valence-electron chi connectivity index (χ1n) is 9.04. The van der Waals surface area contributed by atoms with Gasteiger partial charge in [0.05, 0.1) is 11.6 Å². The Hall–Kier alpha value is -2.10. The number of hydrogen-bond donors (Lipinski definition) is 1. The molecule has 0 bridgehead atoms. The molecule has 25 heavy (non-hydrogen) atoms. The number of aliphatic hydroxyl groups is 1. The van der Waals surface area contributed by atoms with E-state index in [1.54, 1.807) is 4.90 Å². The molecule has 1 aliphatic rings. The largest absolute Gasteiger partial charge is 0.503 e. The molecule has 0 spiro atoms. The van der Waals surface area contributed by atoms with Gasteiger partial charge >= 0.3 is 0 Å². The smallest absolute Gasteiger partial charge is 0.290 e. The number of aryl methyl sites for hydroxylation is 1. The van der Waals surface area contributed by atoms with Crippen molar-refractivity contribution in [1.82, 2.24) is 4.90 Å². The third-order valence-corrected chi connectivity index (χ3v) is 4.59. The normalized spacial score (nSPS) is 18.2. The topological polar surface area (TPSA) is 57.6 Å². The standard InChI is InChI=1S/C21H29NO3/c1-6-7-8-12-22-17(15-11-9-10-14(2)13-15)16(18(23)20(22)25)19(24)21(3,4)5/h9-11,13,17,23H,6-8,12H2,1-5H3. The number of amides is 1. The summed E-state index contributed by atoms with van der Waals surface area (Å²) >= 11 is 0. The van der Waals surface area contributed by atoms with Gasteiger partial charge in [0, 0.05) is 12.0 Å². The van der Waals surface area contributed by atoms with E-state index in [1.165, 1.54) is 0 Å². The molecule has 1 atom stereocenters. The van der Waals surface area contributed by atoms with Gasteiger partial charge in [-0.25, -0.2) is 0 Å². The third-order valence-electron chi connectivity index (χ3n) is 4.59. The summed E-state index contributed by atoms with van der Waals surface area (Å²) in [7, 11) is 0. The Balaban J connectivity index is 2.50. The van der Waals surface area contributed by atoms with Crippen molar-refractivity contribution in [2.24, 2.45) is 5.41 Å². The summed E-state index contributed by atoms with van der Waals surface area (Å²) in [6.07, 6.45) is 2.91. The van der Waals surface area contributed by atoms with E-state index in [0.717, 1.165) is 30.4 Å². The molecule has 1 amide bonds. The molecule has 1 aromatic carbocycles. The fourth-order valence-corrected chi connectivity index (χ4v) is 3.24. The molecule has 136 valence electrons. The number of unbranched alkanes of at least 4 members (excludes halogenated alkanes) is 2. The molecular formula is C21H29NO3. The van der Waals surface area contributed by atoms with Gasteiger partial charge in [0.2, 0.25) is 0 Å². The molecule has 0 radical (unpaired) electrons. The van der Waals surface area contributed by atoms with Crippen LogP contribution >= 0.6 is 0 Å². The zero-order chi connectivity index (χ0) is 18.8. The van der Waals surface area contributed by atoms with Crippen molar-refractivity contribution in [3.8, 4) is 0 Å². The van der Waals surface area contributed by atoms with E-state index in [-0.39, 0.29) is 17.1 Å². The van der Waals surface area contributed by atoms with Crippen molar-refractivity contribution in [1.29, 1.82) is 0 Å². The molecule has 1 heterocycles. The molecule has 1 unspecified atom stereocenters. The van der Waals surface area contributed by atoms with Crippen LogP contribution in [0.4, 0.5) is 0 Å². The summed E-state index contributed by atoms with van der Waals surface area (Å²) in [6, 6.07) is 7.31. The molecule has 0 fully saturated rings. The van der Waals surface area contributed by atoms with Gasteiger partial charge < -0.3 is 10.0 Å². The van der Waals surface area contributed by atoms with Crippen LogP contribution in [-0.2, 0) is 9.59 Å². The van der Waals surface area contributed by atoms with Crippen molar-refractivity contribution < 1.29 is 14.7 Å². The number of benzene rings is 1. The summed E-state index contributed by atoms with van der Waals surface area (Å²) in [4.78, 5) is 27.3. The van der Waals surface area contributed by atoms with Crippen molar-refractivity contribution in [2.75, 3.05) is 6.54 Å². The van der Waals surface area contributed by atoms with Crippen LogP contribution in [0.1, 0.15) is 64.1 Å². The van der Waals surface area contributed by atoms with E-state index >= 15 is 0 Å². The Morgan fingerprint density at radius 3 is 2.48 bits per heavy atom. The first-order valence-corrected chi connectivity index (χ1v) is 9.04. The van der Waals surface area contributed by atoms with E-state index in [4.69, 9.17) is 0 Å². The van der Waals surface area contributed by atoms with Gasteiger partial charge in [-0.15, -0.1) is 0 Å². The highest BCUT2D eigenvalue weighted by Crippen LogP contribution is 2.41. The highest BCUT2D eigenvalue weighted by Gasteiger charge is 2.45. The molecular weight excluding hydrogens is 314 g/mol. The maximum absolute atomic E-state index is 13.0. The fourth-order valence-electron chi connectivity index (χ4n) is 3.24. The highest BCUT2D eigenvalue weighted by molar-refractivity contribution is 6.10. The number of carbonyl (C=O) groups excluding carboxylic acids is 2. The van der Waals surface area contributed by atoms with Crippen LogP contribution < -0.4 is 0 Å². The van der Waals surface area contributed by atoms with Gasteiger partial charge in [0.15, 0.2) is 11.5 Å². The van der Waals surface area contributed by atoms with E-state index in [2.05, 4.69) is 6.92 Å². The van der Waals surface area contributed by atoms with Gasteiger partial charge in [-0.3, -0.25) is 9.59 Å². The predicted molar refractivity (Wildman–Crippen MR) is 99.3 cm³/mol. The predicted octanol–water partition coefficient (Wildman–Crippen LogP) is 4.50. The van der Waals surface area contributed by atoms with Crippen LogP contribution in [0.25, 0.3) is 0 Å². The zero-order valence-corrected chi connectivity index (χ0v) is 15.9. The van der Waals surface area contributed by atoms with Gasteiger partial charge in [0.1, 0.15) is 0 Å². The number of aliphatic hydroxyl groups excluding tert-OH is 1. The van der Waals surface area contributed by atoms with Crippen LogP contribution in [-0.4, -0.2) is 28.2 Å². The Labute approximate surface area is 150 Å². The lowest BCUT2D eigenvalue weighted by atomic mass is 9.82. The average molecular weight is 343 g/mol. The zero-order valence-electron chi connectivity index (χ0n) is 15.9. The van der Waals surface area contributed by atoms with Crippen LogP contribution in [0.3, 0.4) is 0 Å². The number of Topliss-reactive ketones (excluding diaryl/α,β-unsaturated/α-hetero) is 1. The van der Waals surface area contributed by atoms with Crippen molar-refractivity contribution >= 4 is 11.7 Å². The molecule has 0 saturated carbocycles. The number of ketones is 1. The lowest BCUT2D eigenvalue weighted by Gasteiger charge is -2.29. The Kier molecular flexibility index (Phi) is 5.71. The van der Waals surface area contributed by atoms with Crippen molar-refractivity contribution in [3.63, 3.8) is 0 Å².